The van der Waals surface area contributed by atoms with Crippen LogP contribution in [0.2, 0.25) is 0 Å². The van der Waals surface area contributed by atoms with E-state index in [1.165, 1.54) is 16.3 Å². The number of hydrogen-bond acceptors (Lipinski definition) is 5. The zero-order valence-corrected chi connectivity index (χ0v) is 13.0. The fraction of sp³-hybridized carbons (Fsp3) is 0.500. The minimum atomic E-state index is -0.248. The van der Waals surface area contributed by atoms with Crippen LogP contribution in [0.1, 0.15) is 19.0 Å². The molecule has 0 saturated heterocycles. The molecule has 0 saturated carbocycles. The Kier molecular flexibility index (Phi) is 4.84. The summed E-state index contributed by atoms with van der Waals surface area (Å²) in [5.41, 5.74) is 0.589. The highest BCUT2D eigenvalue weighted by molar-refractivity contribution is 7.99. The van der Waals surface area contributed by atoms with Crippen LogP contribution in [-0.2, 0) is 18.4 Å². The third-order valence-electron chi connectivity index (χ3n) is 2.77. The first-order chi connectivity index (χ1) is 10.0. The van der Waals surface area contributed by atoms with Crippen molar-refractivity contribution in [1.29, 1.82) is 0 Å². The largest absolute Gasteiger partial charge is 0.343 e. The Hall–Kier alpha value is -2.03. The van der Waals surface area contributed by atoms with Crippen LogP contribution >= 0.6 is 11.8 Å². The van der Waals surface area contributed by atoms with Crippen molar-refractivity contribution in [2.75, 3.05) is 11.1 Å². The molecule has 2 heterocycles. The number of aromatic nitrogens is 5. The molecule has 114 valence electrons. The zero-order chi connectivity index (χ0) is 15.4. The Morgan fingerprint density at radius 2 is 2.29 bits per heavy atom. The summed E-state index contributed by atoms with van der Waals surface area (Å²) >= 11 is 1.23. The highest BCUT2D eigenvalue weighted by Gasteiger charge is 2.12. The number of anilines is 1. The van der Waals surface area contributed by atoms with Gasteiger partial charge in [-0.15, -0.1) is 5.10 Å². The number of hydrogen-bond donors (Lipinski definition) is 2. The lowest BCUT2D eigenvalue weighted by Gasteiger charge is -2.05. The molecular formula is C12H18N6O2S. The van der Waals surface area contributed by atoms with Gasteiger partial charge in [0.05, 0.1) is 11.4 Å². The molecule has 21 heavy (non-hydrogen) atoms. The predicted molar refractivity (Wildman–Crippen MR) is 80.4 cm³/mol. The summed E-state index contributed by atoms with van der Waals surface area (Å²) in [6.07, 6.45) is 0.827. The number of nitrogens with one attached hydrogen (secondary N) is 2. The molecule has 2 rings (SSSR count). The molecule has 0 spiro atoms. The maximum atomic E-state index is 11.9. The molecule has 0 fully saturated rings. The highest BCUT2D eigenvalue weighted by atomic mass is 32.2. The summed E-state index contributed by atoms with van der Waals surface area (Å²) in [5, 5.41) is 13.8. The number of nitrogens with zero attached hydrogens (tertiary/aromatic N) is 4. The quantitative estimate of drug-likeness (QED) is 0.767. The number of thioether (sulfide) groups is 1. The van der Waals surface area contributed by atoms with Crippen molar-refractivity contribution in [1.82, 2.24) is 24.5 Å². The average Bonchev–Trinajstić information content (AvgIpc) is 2.92. The van der Waals surface area contributed by atoms with E-state index in [1.54, 1.807) is 17.8 Å². The second kappa shape index (κ2) is 6.61. The van der Waals surface area contributed by atoms with Gasteiger partial charge in [0.2, 0.25) is 5.91 Å². The fourth-order valence-corrected chi connectivity index (χ4v) is 2.64. The second-order valence-corrected chi connectivity index (χ2v) is 5.54. The van der Waals surface area contributed by atoms with Crippen LogP contribution in [0.25, 0.3) is 0 Å². The number of carbonyl (C=O) groups excluding carboxylic acids is 1. The molecule has 1 amide bonds. The second-order valence-electron chi connectivity index (χ2n) is 4.59. The number of rotatable bonds is 6. The Balaban J connectivity index is 1.95. The van der Waals surface area contributed by atoms with E-state index < -0.39 is 0 Å². The Bertz CT molecular complexity index is 686. The number of amides is 1. The SMILES string of the molecule is CCCn1c(SCC(=O)Nc2cc(C)nn2C)n[nH]c1=O. The molecule has 0 aliphatic heterocycles. The summed E-state index contributed by atoms with van der Waals surface area (Å²) in [5.74, 6) is 0.658. The van der Waals surface area contributed by atoms with E-state index in [4.69, 9.17) is 0 Å². The van der Waals surface area contributed by atoms with Crippen molar-refractivity contribution >= 4 is 23.5 Å². The van der Waals surface area contributed by atoms with E-state index in [0.717, 1.165) is 12.1 Å². The van der Waals surface area contributed by atoms with Gasteiger partial charge in [0.15, 0.2) is 5.16 Å². The van der Waals surface area contributed by atoms with Crippen molar-refractivity contribution in [3.05, 3.63) is 22.2 Å². The maximum absolute atomic E-state index is 11.9. The van der Waals surface area contributed by atoms with Crippen molar-refractivity contribution < 1.29 is 4.79 Å². The first kappa shape index (κ1) is 15.4. The van der Waals surface area contributed by atoms with Crippen LogP contribution in [0.3, 0.4) is 0 Å². The van der Waals surface area contributed by atoms with Gasteiger partial charge in [-0.3, -0.25) is 14.0 Å². The molecule has 0 bridgehead atoms. The van der Waals surface area contributed by atoms with Gasteiger partial charge in [0.25, 0.3) is 0 Å². The van der Waals surface area contributed by atoms with E-state index >= 15 is 0 Å². The van der Waals surface area contributed by atoms with Crippen LogP contribution in [0, 0.1) is 6.92 Å². The monoisotopic (exact) mass is 310 g/mol. The van der Waals surface area contributed by atoms with Gasteiger partial charge in [-0.2, -0.15) is 5.10 Å². The number of aryl methyl sites for hydroxylation is 2. The third kappa shape index (κ3) is 3.75. The zero-order valence-electron chi connectivity index (χ0n) is 12.2. The Morgan fingerprint density at radius 3 is 2.90 bits per heavy atom. The number of aromatic amines is 1. The van der Waals surface area contributed by atoms with E-state index in [-0.39, 0.29) is 17.3 Å². The normalized spacial score (nSPS) is 10.8. The molecule has 0 aliphatic rings. The van der Waals surface area contributed by atoms with Crippen molar-refractivity contribution in [3.63, 3.8) is 0 Å². The summed E-state index contributed by atoms with van der Waals surface area (Å²) in [4.78, 5) is 23.5. The predicted octanol–water partition coefficient (Wildman–Crippen LogP) is 0.754. The van der Waals surface area contributed by atoms with Gasteiger partial charge < -0.3 is 5.32 Å². The van der Waals surface area contributed by atoms with Gasteiger partial charge in [-0.25, -0.2) is 9.89 Å². The highest BCUT2D eigenvalue weighted by Crippen LogP contribution is 2.14. The summed E-state index contributed by atoms with van der Waals surface area (Å²) in [7, 11) is 1.77. The molecule has 0 atom stereocenters. The summed E-state index contributed by atoms with van der Waals surface area (Å²) < 4.78 is 3.14. The van der Waals surface area contributed by atoms with Crippen molar-refractivity contribution in [2.45, 2.75) is 32.0 Å². The molecule has 2 aromatic heterocycles. The fourth-order valence-electron chi connectivity index (χ4n) is 1.87. The third-order valence-corrected chi connectivity index (χ3v) is 3.75. The molecule has 0 radical (unpaired) electrons. The molecule has 2 aromatic rings. The first-order valence-corrected chi connectivity index (χ1v) is 7.58. The smallest absolute Gasteiger partial charge is 0.310 e. The molecule has 2 N–H and O–H groups in total. The van der Waals surface area contributed by atoms with Crippen LogP contribution < -0.4 is 11.0 Å². The molecule has 0 unspecified atom stereocenters. The first-order valence-electron chi connectivity index (χ1n) is 6.59. The Labute approximate surface area is 125 Å². The lowest BCUT2D eigenvalue weighted by molar-refractivity contribution is -0.113. The van der Waals surface area contributed by atoms with E-state index in [0.29, 0.717) is 17.5 Å². The van der Waals surface area contributed by atoms with Gasteiger partial charge in [-0.05, 0) is 13.3 Å². The van der Waals surface area contributed by atoms with E-state index in [9.17, 15) is 9.59 Å². The molecular weight excluding hydrogens is 292 g/mol. The van der Waals surface area contributed by atoms with Crippen LogP contribution in [0.5, 0.6) is 0 Å². The van der Waals surface area contributed by atoms with Gasteiger partial charge >= 0.3 is 5.69 Å². The molecule has 8 nitrogen and oxygen atoms in total. The van der Waals surface area contributed by atoms with Crippen LogP contribution in [-0.4, -0.2) is 36.2 Å². The summed E-state index contributed by atoms with van der Waals surface area (Å²) in [6.45, 7) is 4.42. The number of carbonyl (C=O) groups is 1. The lowest BCUT2D eigenvalue weighted by atomic mass is 10.4. The van der Waals surface area contributed by atoms with Gasteiger partial charge in [-0.1, -0.05) is 18.7 Å². The Morgan fingerprint density at radius 1 is 1.52 bits per heavy atom. The maximum Gasteiger partial charge on any atom is 0.343 e. The summed E-state index contributed by atoms with van der Waals surface area (Å²) in [6, 6.07) is 1.80. The van der Waals surface area contributed by atoms with Crippen LogP contribution in [0.4, 0.5) is 5.82 Å². The van der Waals surface area contributed by atoms with E-state index in [2.05, 4.69) is 20.6 Å². The van der Waals surface area contributed by atoms with Crippen molar-refractivity contribution in [2.24, 2.45) is 7.05 Å². The minimum Gasteiger partial charge on any atom is -0.310 e. The van der Waals surface area contributed by atoms with Gasteiger partial charge in [0, 0.05) is 19.7 Å². The average molecular weight is 310 g/mol. The standard InChI is InChI=1S/C12H18N6O2S/c1-4-5-18-11(20)14-15-12(18)21-7-10(19)13-9-6-8(2)16-17(9)3/h6H,4-5,7H2,1-3H3,(H,13,19)(H,14,20). The lowest BCUT2D eigenvalue weighted by Crippen LogP contribution is -2.19. The minimum absolute atomic E-state index is 0.165. The molecule has 0 aromatic carbocycles. The molecule has 9 heteroatoms. The van der Waals surface area contributed by atoms with Gasteiger partial charge in [0.1, 0.15) is 5.82 Å². The topological polar surface area (TPSA) is 97.6 Å². The van der Waals surface area contributed by atoms with Crippen molar-refractivity contribution in [3.8, 4) is 0 Å². The van der Waals surface area contributed by atoms with E-state index in [1.807, 2.05) is 13.8 Å². The molecule has 0 aliphatic carbocycles. The van der Waals surface area contributed by atoms with Crippen LogP contribution in [0.15, 0.2) is 16.0 Å². The number of H-pyrrole nitrogens is 1.